The fourth-order valence-electron chi connectivity index (χ4n) is 2.57. The zero-order chi connectivity index (χ0) is 10.5. The number of hydrogen-bond donors (Lipinski definition) is 2. The first-order valence-electron chi connectivity index (χ1n) is 6.84. The molecule has 0 aromatic rings. The lowest BCUT2D eigenvalue weighted by Crippen LogP contribution is -2.35. The Bertz CT molecular complexity index is 177. The lowest BCUT2D eigenvalue weighted by Gasteiger charge is -2.37. The minimum atomic E-state index is 0.893. The van der Waals surface area contributed by atoms with Gasteiger partial charge in [0.05, 0.1) is 0 Å². The van der Waals surface area contributed by atoms with Crippen molar-refractivity contribution in [2.24, 2.45) is 11.8 Å². The van der Waals surface area contributed by atoms with Crippen molar-refractivity contribution in [3.8, 4) is 0 Å². The zero-order valence-corrected chi connectivity index (χ0v) is 10.1. The highest BCUT2D eigenvalue weighted by Gasteiger charge is 2.29. The second-order valence-corrected chi connectivity index (χ2v) is 5.28. The van der Waals surface area contributed by atoms with Crippen LogP contribution in [0.3, 0.4) is 0 Å². The van der Waals surface area contributed by atoms with Crippen LogP contribution in [-0.4, -0.2) is 25.7 Å². The molecule has 15 heavy (non-hydrogen) atoms. The Balaban J connectivity index is 1.46. The minimum Gasteiger partial charge on any atom is -0.317 e. The largest absolute Gasteiger partial charge is 0.317 e. The molecule has 2 N–H and O–H groups in total. The molecule has 0 aliphatic heterocycles. The van der Waals surface area contributed by atoms with Crippen molar-refractivity contribution in [2.45, 2.75) is 51.5 Å². The zero-order valence-electron chi connectivity index (χ0n) is 10.1. The van der Waals surface area contributed by atoms with Gasteiger partial charge in [0.1, 0.15) is 0 Å². The van der Waals surface area contributed by atoms with E-state index in [9.17, 15) is 0 Å². The van der Waals surface area contributed by atoms with Gasteiger partial charge in [-0.05, 0) is 70.0 Å². The van der Waals surface area contributed by atoms with Gasteiger partial charge in [0.2, 0.25) is 0 Å². The fraction of sp³-hybridized carbons (Fsp3) is 1.00. The van der Waals surface area contributed by atoms with Crippen LogP contribution in [-0.2, 0) is 0 Å². The SMILES string of the molecule is CCNCC1CCC1CCCNC1CC1. The summed E-state index contributed by atoms with van der Waals surface area (Å²) in [6.07, 6.45) is 8.64. The van der Waals surface area contributed by atoms with Crippen molar-refractivity contribution in [2.75, 3.05) is 19.6 Å². The average Bonchev–Trinajstić information content (AvgIpc) is 3.00. The molecule has 2 fully saturated rings. The minimum absolute atomic E-state index is 0.893. The highest BCUT2D eigenvalue weighted by Crippen LogP contribution is 2.36. The van der Waals surface area contributed by atoms with E-state index in [2.05, 4.69) is 17.6 Å². The second-order valence-electron chi connectivity index (χ2n) is 5.28. The summed E-state index contributed by atoms with van der Waals surface area (Å²) >= 11 is 0. The Morgan fingerprint density at radius 2 is 1.87 bits per heavy atom. The molecule has 0 radical (unpaired) electrons. The van der Waals surface area contributed by atoms with Gasteiger partial charge in [-0.15, -0.1) is 0 Å². The molecule has 2 rings (SSSR count). The monoisotopic (exact) mass is 210 g/mol. The summed E-state index contributed by atoms with van der Waals surface area (Å²) in [5, 5.41) is 7.09. The highest BCUT2D eigenvalue weighted by molar-refractivity contribution is 4.83. The van der Waals surface area contributed by atoms with Crippen LogP contribution in [0.2, 0.25) is 0 Å². The van der Waals surface area contributed by atoms with Gasteiger partial charge in [-0.25, -0.2) is 0 Å². The van der Waals surface area contributed by atoms with Crippen LogP contribution in [0.4, 0.5) is 0 Å². The van der Waals surface area contributed by atoms with E-state index in [0.29, 0.717) is 0 Å². The van der Waals surface area contributed by atoms with E-state index < -0.39 is 0 Å². The standard InChI is InChI=1S/C13H26N2/c1-2-14-10-12-6-5-11(12)4-3-9-15-13-7-8-13/h11-15H,2-10H2,1H3. The molecule has 2 aliphatic carbocycles. The number of hydrogen-bond acceptors (Lipinski definition) is 2. The van der Waals surface area contributed by atoms with Crippen molar-refractivity contribution in [1.29, 1.82) is 0 Å². The van der Waals surface area contributed by atoms with Crippen molar-refractivity contribution in [1.82, 2.24) is 10.6 Å². The molecule has 0 heterocycles. The molecular weight excluding hydrogens is 184 g/mol. The van der Waals surface area contributed by atoms with Crippen molar-refractivity contribution in [3.05, 3.63) is 0 Å². The third-order valence-corrected chi connectivity index (χ3v) is 3.99. The van der Waals surface area contributed by atoms with Gasteiger partial charge in [-0.2, -0.15) is 0 Å². The van der Waals surface area contributed by atoms with E-state index in [4.69, 9.17) is 0 Å². The van der Waals surface area contributed by atoms with Gasteiger partial charge in [-0.3, -0.25) is 0 Å². The number of nitrogens with one attached hydrogen (secondary N) is 2. The second kappa shape index (κ2) is 5.86. The van der Waals surface area contributed by atoms with Crippen molar-refractivity contribution < 1.29 is 0 Å². The molecule has 0 amide bonds. The fourth-order valence-corrected chi connectivity index (χ4v) is 2.57. The van der Waals surface area contributed by atoms with Gasteiger partial charge >= 0.3 is 0 Å². The van der Waals surface area contributed by atoms with Crippen LogP contribution in [0.1, 0.15) is 45.4 Å². The van der Waals surface area contributed by atoms with Gasteiger partial charge < -0.3 is 10.6 Å². The van der Waals surface area contributed by atoms with Gasteiger partial charge in [0.25, 0.3) is 0 Å². The number of rotatable bonds is 8. The maximum Gasteiger partial charge on any atom is 0.00682 e. The van der Waals surface area contributed by atoms with Crippen LogP contribution in [0.5, 0.6) is 0 Å². The highest BCUT2D eigenvalue weighted by atomic mass is 14.9. The molecule has 88 valence electrons. The Morgan fingerprint density at radius 1 is 1.07 bits per heavy atom. The molecule has 2 aliphatic rings. The summed E-state index contributed by atoms with van der Waals surface area (Å²) in [6.45, 7) is 5.85. The topological polar surface area (TPSA) is 24.1 Å². The van der Waals surface area contributed by atoms with Crippen LogP contribution >= 0.6 is 0 Å². The molecule has 2 saturated carbocycles. The van der Waals surface area contributed by atoms with Crippen LogP contribution in [0, 0.1) is 11.8 Å². The lowest BCUT2D eigenvalue weighted by atomic mass is 9.71. The summed E-state index contributed by atoms with van der Waals surface area (Å²) < 4.78 is 0. The smallest absolute Gasteiger partial charge is 0.00682 e. The van der Waals surface area contributed by atoms with E-state index in [1.807, 2.05) is 0 Å². The molecule has 0 bridgehead atoms. The normalized spacial score (nSPS) is 30.2. The first kappa shape index (κ1) is 11.4. The summed E-state index contributed by atoms with van der Waals surface area (Å²) in [7, 11) is 0. The van der Waals surface area contributed by atoms with Crippen molar-refractivity contribution >= 4 is 0 Å². The summed E-state index contributed by atoms with van der Waals surface area (Å²) in [6, 6.07) is 0.893. The quantitative estimate of drug-likeness (QED) is 0.600. The van der Waals surface area contributed by atoms with Gasteiger partial charge in [0, 0.05) is 6.04 Å². The summed E-state index contributed by atoms with van der Waals surface area (Å²) in [4.78, 5) is 0. The van der Waals surface area contributed by atoms with Crippen LogP contribution < -0.4 is 10.6 Å². The maximum absolute atomic E-state index is 3.60. The molecule has 2 heteroatoms. The van der Waals surface area contributed by atoms with Crippen LogP contribution in [0.25, 0.3) is 0 Å². The Hall–Kier alpha value is -0.0800. The molecule has 2 nitrogen and oxygen atoms in total. The van der Waals surface area contributed by atoms with Gasteiger partial charge in [-0.1, -0.05) is 6.92 Å². The predicted molar refractivity (Wildman–Crippen MR) is 65.0 cm³/mol. The molecular formula is C13H26N2. The Labute approximate surface area is 94.2 Å². The first-order chi connectivity index (χ1) is 7.40. The summed E-state index contributed by atoms with van der Waals surface area (Å²) in [5.41, 5.74) is 0. The third-order valence-electron chi connectivity index (χ3n) is 3.99. The van der Waals surface area contributed by atoms with Crippen molar-refractivity contribution in [3.63, 3.8) is 0 Å². The molecule has 0 aromatic heterocycles. The van der Waals surface area contributed by atoms with Crippen LogP contribution in [0.15, 0.2) is 0 Å². The Kier molecular flexibility index (Phi) is 4.45. The third kappa shape index (κ3) is 3.76. The molecule has 0 aromatic carbocycles. The first-order valence-corrected chi connectivity index (χ1v) is 6.84. The van der Waals surface area contributed by atoms with E-state index in [0.717, 1.165) is 24.4 Å². The van der Waals surface area contributed by atoms with E-state index in [-0.39, 0.29) is 0 Å². The molecule has 0 spiro atoms. The van der Waals surface area contributed by atoms with E-state index >= 15 is 0 Å². The lowest BCUT2D eigenvalue weighted by molar-refractivity contribution is 0.158. The summed E-state index contributed by atoms with van der Waals surface area (Å²) in [5.74, 6) is 2.02. The molecule has 0 saturated heterocycles. The maximum atomic E-state index is 3.60. The molecule has 2 unspecified atom stereocenters. The average molecular weight is 210 g/mol. The van der Waals surface area contributed by atoms with Gasteiger partial charge in [0.15, 0.2) is 0 Å². The predicted octanol–water partition coefficient (Wildman–Crippen LogP) is 2.15. The Morgan fingerprint density at radius 3 is 2.47 bits per heavy atom. The van der Waals surface area contributed by atoms with E-state index in [1.54, 1.807) is 0 Å². The van der Waals surface area contributed by atoms with E-state index in [1.165, 1.54) is 51.6 Å². The molecule has 2 atom stereocenters.